The minimum absolute atomic E-state index is 0.0322. The molecule has 0 fully saturated rings. The molecule has 0 saturated heterocycles. The summed E-state index contributed by atoms with van der Waals surface area (Å²) in [6.07, 6.45) is 1.98. The number of hydrogen-bond acceptors (Lipinski definition) is 3. The van der Waals surface area contributed by atoms with E-state index in [1.54, 1.807) is 25.6 Å². The van der Waals surface area contributed by atoms with E-state index in [1.807, 2.05) is 37.4 Å². The minimum Gasteiger partial charge on any atom is -0.481 e. The quantitative estimate of drug-likeness (QED) is 0.791. The summed E-state index contributed by atoms with van der Waals surface area (Å²) in [7, 11) is 0. The van der Waals surface area contributed by atoms with Crippen LogP contribution in [0.5, 0.6) is 0 Å². The lowest BCUT2D eigenvalue weighted by Crippen LogP contribution is -2.34. The molecule has 0 aliphatic carbocycles. The van der Waals surface area contributed by atoms with Gasteiger partial charge in [-0.2, -0.15) is 0 Å². The van der Waals surface area contributed by atoms with Gasteiger partial charge in [0, 0.05) is 11.3 Å². The van der Waals surface area contributed by atoms with Crippen LogP contribution < -0.4 is 5.32 Å². The molecule has 20 heavy (non-hydrogen) atoms. The van der Waals surface area contributed by atoms with Crippen molar-refractivity contribution in [3.8, 4) is 0 Å². The van der Waals surface area contributed by atoms with Crippen molar-refractivity contribution in [3.63, 3.8) is 0 Å². The number of nitrogens with one attached hydrogen (secondary N) is 1. The van der Waals surface area contributed by atoms with Crippen molar-refractivity contribution in [2.24, 2.45) is 5.41 Å². The average molecular weight is 295 g/mol. The second kappa shape index (κ2) is 6.79. The molecule has 0 heterocycles. The van der Waals surface area contributed by atoms with Gasteiger partial charge in [-0.05, 0) is 44.7 Å². The number of carbonyl (C=O) groups is 2. The van der Waals surface area contributed by atoms with E-state index in [-0.39, 0.29) is 18.4 Å². The predicted molar refractivity (Wildman–Crippen MR) is 80.8 cm³/mol. The van der Waals surface area contributed by atoms with E-state index in [1.165, 1.54) is 4.90 Å². The van der Waals surface area contributed by atoms with Crippen LogP contribution in [0, 0.1) is 5.41 Å². The molecule has 0 spiro atoms. The normalized spacial score (nSPS) is 12.8. The van der Waals surface area contributed by atoms with Crippen LogP contribution in [0.25, 0.3) is 0 Å². The molecule has 110 valence electrons. The maximum atomic E-state index is 11.9. The molecular formula is C15H21NO3S. The smallest absolute Gasteiger partial charge is 0.309 e. The molecule has 0 saturated carbocycles. The Morgan fingerprint density at radius 2 is 1.85 bits per heavy atom. The van der Waals surface area contributed by atoms with Gasteiger partial charge in [0.15, 0.2) is 0 Å². The predicted octanol–water partition coefficient (Wildman–Crippen LogP) is 3.09. The average Bonchev–Trinajstić information content (AvgIpc) is 2.37. The van der Waals surface area contributed by atoms with Crippen molar-refractivity contribution in [1.29, 1.82) is 0 Å². The topological polar surface area (TPSA) is 66.4 Å². The summed E-state index contributed by atoms with van der Waals surface area (Å²) in [5.41, 5.74) is -0.0451. The van der Waals surface area contributed by atoms with Gasteiger partial charge in [0.05, 0.1) is 11.5 Å². The Bertz CT molecular complexity index is 482. The third kappa shape index (κ3) is 4.56. The fraction of sp³-hybridized carbons (Fsp3) is 0.467. The number of carboxylic acids is 1. The lowest BCUT2D eigenvalue weighted by atomic mass is 9.89. The highest BCUT2D eigenvalue weighted by molar-refractivity contribution is 7.98. The van der Waals surface area contributed by atoms with E-state index in [0.29, 0.717) is 0 Å². The summed E-state index contributed by atoms with van der Waals surface area (Å²) >= 11 is 1.66. The highest BCUT2D eigenvalue weighted by Gasteiger charge is 2.30. The summed E-state index contributed by atoms with van der Waals surface area (Å²) in [4.78, 5) is 24.1. The summed E-state index contributed by atoms with van der Waals surface area (Å²) in [5.74, 6) is -1.22. The van der Waals surface area contributed by atoms with Crippen LogP contribution in [0.3, 0.4) is 0 Å². The van der Waals surface area contributed by atoms with Crippen LogP contribution in [0.2, 0.25) is 0 Å². The van der Waals surface area contributed by atoms with Crippen molar-refractivity contribution in [1.82, 2.24) is 5.32 Å². The molecule has 0 bridgehead atoms. The van der Waals surface area contributed by atoms with Gasteiger partial charge in [0.1, 0.15) is 0 Å². The Morgan fingerprint density at radius 3 is 2.30 bits per heavy atom. The molecule has 2 N–H and O–H groups in total. The SMILES string of the molecule is CSc1ccc(C(C)NC(=O)CC(C)(C)C(=O)O)cc1. The van der Waals surface area contributed by atoms with E-state index in [0.717, 1.165) is 5.56 Å². The van der Waals surface area contributed by atoms with E-state index in [4.69, 9.17) is 5.11 Å². The first-order valence-electron chi connectivity index (χ1n) is 6.43. The summed E-state index contributed by atoms with van der Waals surface area (Å²) in [6.45, 7) is 4.99. The number of rotatable bonds is 6. The van der Waals surface area contributed by atoms with Crippen LogP contribution in [0.15, 0.2) is 29.2 Å². The van der Waals surface area contributed by atoms with E-state index in [2.05, 4.69) is 5.32 Å². The summed E-state index contributed by atoms with van der Waals surface area (Å²) in [5, 5.41) is 11.9. The van der Waals surface area contributed by atoms with Crippen LogP contribution >= 0.6 is 11.8 Å². The first-order valence-corrected chi connectivity index (χ1v) is 7.65. The Hall–Kier alpha value is -1.49. The lowest BCUT2D eigenvalue weighted by molar-refractivity contribution is -0.149. The molecule has 0 aliphatic rings. The maximum Gasteiger partial charge on any atom is 0.309 e. The van der Waals surface area contributed by atoms with Gasteiger partial charge >= 0.3 is 5.97 Å². The monoisotopic (exact) mass is 295 g/mol. The molecule has 1 rings (SSSR count). The first-order chi connectivity index (χ1) is 9.26. The number of hydrogen-bond donors (Lipinski definition) is 2. The lowest BCUT2D eigenvalue weighted by Gasteiger charge is -2.21. The maximum absolute atomic E-state index is 11.9. The molecule has 4 nitrogen and oxygen atoms in total. The molecule has 1 aromatic carbocycles. The van der Waals surface area contributed by atoms with Gasteiger partial charge in [-0.15, -0.1) is 11.8 Å². The van der Waals surface area contributed by atoms with Crippen LogP contribution in [-0.2, 0) is 9.59 Å². The van der Waals surface area contributed by atoms with Crippen LogP contribution in [0.4, 0.5) is 0 Å². The van der Waals surface area contributed by atoms with Crippen LogP contribution in [0.1, 0.15) is 38.8 Å². The zero-order chi connectivity index (χ0) is 15.3. The zero-order valence-electron chi connectivity index (χ0n) is 12.3. The fourth-order valence-corrected chi connectivity index (χ4v) is 2.15. The second-order valence-corrected chi connectivity index (χ2v) is 6.31. The molecule has 0 radical (unpaired) electrons. The van der Waals surface area contributed by atoms with Crippen molar-refractivity contribution in [3.05, 3.63) is 29.8 Å². The molecule has 1 aromatic rings. The largest absolute Gasteiger partial charge is 0.481 e. The summed E-state index contributed by atoms with van der Waals surface area (Å²) < 4.78 is 0. The molecule has 1 atom stereocenters. The van der Waals surface area contributed by atoms with Gasteiger partial charge in [-0.3, -0.25) is 9.59 Å². The van der Waals surface area contributed by atoms with Gasteiger partial charge in [0.25, 0.3) is 0 Å². The number of aliphatic carboxylic acids is 1. The minimum atomic E-state index is -1.05. The second-order valence-electron chi connectivity index (χ2n) is 5.43. The first kappa shape index (κ1) is 16.6. The Kier molecular flexibility index (Phi) is 5.62. The standard InChI is InChI=1S/C15H21NO3S/c1-10(11-5-7-12(20-4)8-6-11)16-13(17)9-15(2,3)14(18)19/h5-8,10H,9H2,1-4H3,(H,16,17)(H,18,19). The Labute approximate surface area is 124 Å². The number of amides is 1. The van der Waals surface area contributed by atoms with Crippen molar-refractivity contribution >= 4 is 23.6 Å². The summed E-state index contributed by atoms with van der Waals surface area (Å²) in [6, 6.07) is 7.81. The molecule has 1 unspecified atom stereocenters. The molecule has 0 aromatic heterocycles. The van der Waals surface area contributed by atoms with Crippen LogP contribution in [-0.4, -0.2) is 23.2 Å². The number of carboxylic acid groups (broad SMARTS) is 1. The number of carbonyl (C=O) groups excluding carboxylic acids is 1. The highest BCUT2D eigenvalue weighted by atomic mass is 32.2. The Morgan fingerprint density at radius 1 is 1.30 bits per heavy atom. The molecule has 0 aliphatic heterocycles. The Balaban J connectivity index is 2.63. The van der Waals surface area contributed by atoms with Gasteiger partial charge < -0.3 is 10.4 Å². The molecule has 1 amide bonds. The third-order valence-electron chi connectivity index (χ3n) is 3.17. The number of thioether (sulfide) groups is 1. The zero-order valence-corrected chi connectivity index (χ0v) is 13.1. The third-order valence-corrected chi connectivity index (χ3v) is 3.92. The van der Waals surface area contributed by atoms with E-state index < -0.39 is 11.4 Å². The van der Waals surface area contributed by atoms with Gasteiger partial charge in [0.2, 0.25) is 5.91 Å². The number of benzene rings is 1. The molecular weight excluding hydrogens is 274 g/mol. The van der Waals surface area contributed by atoms with Crippen molar-refractivity contribution in [2.45, 2.75) is 38.1 Å². The van der Waals surface area contributed by atoms with Gasteiger partial charge in [-0.1, -0.05) is 12.1 Å². The van der Waals surface area contributed by atoms with E-state index in [9.17, 15) is 9.59 Å². The highest BCUT2D eigenvalue weighted by Crippen LogP contribution is 2.22. The molecule has 5 heteroatoms. The van der Waals surface area contributed by atoms with Gasteiger partial charge in [-0.25, -0.2) is 0 Å². The van der Waals surface area contributed by atoms with E-state index >= 15 is 0 Å². The van der Waals surface area contributed by atoms with Crippen molar-refractivity contribution < 1.29 is 14.7 Å². The van der Waals surface area contributed by atoms with Crippen molar-refractivity contribution in [2.75, 3.05) is 6.26 Å². The fourth-order valence-electron chi connectivity index (χ4n) is 1.75.